The topological polar surface area (TPSA) is 32.7 Å². The second-order valence-electron chi connectivity index (χ2n) is 7.92. The van der Waals surface area contributed by atoms with Crippen LogP contribution in [0.4, 0.5) is 11.4 Å². The van der Waals surface area contributed by atoms with Crippen LogP contribution < -0.4 is 4.90 Å². The van der Waals surface area contributed by atoms with Crippen molar-refractivity contribution in [1.82, 2.24) is 0 Å². The summed E-state index contributed by atoms with van der Waals surface area (Å²) in [5.74, 6) is 0.300. The van der Waals surface area contributed by atoms with Crippen molar-refractivity contribution in [2.45, 2.75) is 0 Å². The first-order valence-electron chi connectivity index (χ1n) is 11.1. The Morgan fingerprint density at radius 3 is 1.94 bits per heavy atom. The number of aliphatic imine (C=N–C) groups is 1. The molecule has 3 nitrogen and oxygen atoms in total. The van der Waals surface area contributed by atoms with Crippen LogP contribution in [0.25, 0.3) is 10.8 Å². The van der Waals surface area contributed by atoms with Gasteiger partial charge in [-0.25, -0.2) is 4.99 Å². The Morgan fingerprint density at radius 2 is 1.23 bits per heavy atom. The van der Waals surface area contributed by atoms with Crippen molar-refractivity contribution < 1.29 is 4.79 Å². The number of rotatable bonds is 4. The van der Waals surface area contributed by atoms with E-state index in [4.69, 9.17) is 28.2 Å². The van der Waals surface area contributed by atoms with E-state index in [-0.39, 0.29) is 5.91 Å². The van der Waals surface area contributed by atoms with Gasteiger partial charge in [-0.15, -0.1) is 0 Å². The number of nitrogens with zero attached hydrogens (tertiary/aromatic N) is 2. The zero-order valence-electron chi connectivity index (χ0n) is 18.6. The Hall–Kier alpha value is -3.92. The summed E-state index contributed by atoms with van der Waals surface area (Å²) in [6, 6.07) is 37.7. The molecule has 0 radical (unpaired) electrons. The number of benzene rings is 5. The Morgan fingerprint density at radius 1 is 0.629 bits per heavy atom. The smallest absolute Gasteiger partial charge is 0.264 e. The molecule has 5 rings (SSSR count). The minimum Gasteiger partial charge on any atom is -0.268 e. The van der Waals surface area contributed by atoms with Gasteiger partial charge < -0.3 is 0 Å². The number of anilines is 1. The van der Waals surface area contributed by atoms with Crippen molar-refractivity contribution in [2.75, 3.05) is 4.90 Å². The summed E-state index contributed by atoms with van der Waals surface area (Å²) >= 11 is 12.3. The summed E-state index contributed by atoms with van der Waals surface area (Å²) < 4.78 is 0. The van der Waals surface area contributed by atoms with E-state index in [1.54, 1.807) is 41.3 Å². The number of fused-ring (bicyclic) bond motifs is 1. The van der Waals surface area contributed by atoms with E-state index in [1.807, 2.05) is 84.9 Å². The van der Waals surface area contributed by atoms with Gasteiger partial charge in [-0.3, -0.25) is 9.69 Å². The molecule has 5 heteroatoms. The van der Waals surface area contributed by atoms with Crippen LogP contribution in [-0.4, -0.2) is 11.7 Å². The molecule has 0 unspecified atom stereocenters. The molecule has 0 spiro atoms. The summed E-state index contributed by atoms with van der Waals surface area (Å²) in [6.45, 7) is 0. The van der Waals surface area contributed by atoms with Crippen LogP contribution in [0.3, 0.4) is 0 Å². The third kappa shape index (κ3) is 4.97. The highest BCUT2D eigenvalue weighted by Crippen LogP contribution is 2.29. The number of hydrogen-bond donors (Lipinski definition) is 0. The van der Waals surface area contributed by atoms with Crippen LogP contribution >= 0.6 is 23.2 Å². The molecule has 0 saturated heterocycles. The van der Waals surface area contributed by atoms with Gasteiger partial charge in [0.05, 0.1) is 11.4 Å². The molecule has 5 aromatic rings. The van der Waals surface area contributed by atoms with E-state index in [0.29, 0.717) is 32.8 Å². The van der Waals surface area contributed by atoms with Crippen molar-refractivity contribution >= 4 is 57.1 Å². The molecule has 0 bridgehead atoms. The molecule has 0 atom stereocenters. The van der Waals surface area contributed by atoms with E-state index >= 15 is 0 Å². The van der Waals surface area contributed by atoms with Gasteiger partial charge in [0.15, 0.2) is 0 Å². The average Bonchev–Trinajstić information content (AvgIpc) is 2.90. The van der Waals surface area contributed by atoms with Gasteiger partial charge in [0.25, 0.3) is 5.91 Å². The van der Waals surface area contributed by atoms with Gasteiger partial charge in [0, 0.05) is 21.2 Å². The van der Waals surface area contributed by atoms with Gasteiger partial charge in [0.2, 0.25) is 0 Å². The summed E-state index contributed by atoms with van der Waals surface area (Å²) in [5.41, 5.74) is 2.71. The molecule has 0 aliphatic heterocycles. The normalized spacial score (nSPS) is 11.4. The van der Waals surface area contributed by atoms with E-state index < -0.39 is 0 Å². The van der Waals surface area contributed by atoms with Crippen LogP contribution in [-0.2, 0) is 0 Å². The number of carbonyl (C=O) groups excluding carboxylic acids is 1. The van der Waals surface area contributed by atoms with Gasteiger partial charge in [-0.1, -0.05) is 83.9 Å². The van der Waals surface area contributed by atoms with Gasteiger partial charge >= 0.3 is 0 Å². The van der Waals surface area contributed by atoms with Crippen LogP contribution in [0.15, 0.2) is 126 Å². The maximum absolute atomic E-state index is 14.0. The fourth-order valence-electron chi connectivity index (χ4n) is 3.92. The Kier molecular flexibility index (Phi) is 6.62. The molecule has 35 heavy (non-hydrogen) atoms. The molecule has 0 N–H and O–H groups in total. The van der Waals surface area contributed by atoms with E-state index in [0.717, 1.165) is 16.3 Å². The Bertz CT molecular complexity index is 1510. The molecule has 0 fully saturated rings. The molecule has 0 saturated carbocycles. The first kappa shape index (κ1) is 22.9. The third-order valence-electron chi connectivity index (χ3n) is 5.61. The number of carbonyl (C=O) groups is 1. The van der Waals surface area contributed by atoms with Gasteiger partial charge in [-0.05, 0) is 71.4 Å². The zero-order chi connectivity index (χ0) is 24.2. The minimum atomic E-state index is -0.200. The lowest BCUT2D eigenvalue weighted by atomic mass is 10.0. The van der Waals surface area contributed by atoms with E-state index in [2.05, 4.69) is 0 Å². The lowest BCUT2D eigenvalue weighted by molar-refractivity contribution is 0.100. The van der Waals surface area contributed by atoms with Crippen molar-refractivity contribution in [1.29, 1.82) is 0 Å². The number of amides is 1. The molecule has 1 amide bonds. The molecule has 0 aromatic heterocycles. The maximum atomic E-state index is 14.0. The van der Waals surface area contributed by atoms with Crippen molar-refractivity contribution in [3.63, 3.8) is 0 Å². The quantitative estimate of drug-likeness (QED) is 0.182. The van der Waals surface area contributed by atoms with Crippen LogP contribution in [0.1, 0.15) is 15.9 Å². The number of hydrogen-bond acceptors (Lipinski definition) is 2. The highest BCUT2D eigenvalue weighted by atomic mass is 35.5. The highest BCUT2D eigenvalue weighted by Gasteiger charge is 2.26. The molecule has 5 aromatic carbocycles. The molecule has 0 aliphatic rings. The summed E-state index contributed by atoms with van der Waals surface area (Å²) in [4.78, 5) is 20.7. The Labute approximate surface area is 213 Å². The molecule has 0 aliphatic carbocycles. The van der Waals surface area contributed by atoms with Crippen LogP contribution in [0.2, 0.25) is 10.0 Å². The van der Waals surface area contributed by atoms with E-state index in [9.17, 15) is 4.79 Å². The standard InChI is InChI=1S/C30H20Cl2N2O/c31-23-13-17-25(18-14-23)33-29(28-12-6-10-21-7-4-5-11-27(21)28)34(26-19-15-24(32)16-20-26)30(35)22-8-2-1-3-9-22/h1-20H. The first-order valence-corrected chi connectivity index (χ1v) is 11.8. The minimum absolute atomic E-state index is 0.200. The maximum Gasteiger partial charge on any atom is 0.264 e. The third-order valence-corrected chi connectivity index (χ3v) is 6.12. The van der Waals surface area contributed by atoms with Crippen molar-refractivity contribution in [3.8, 4) is 0 Å². The molecule has 170 valence electrons. The fourth-order valence-corrected chi connectivity index (χ4v) is 4.18. The number of halogens is 2. The summed E-state index contributed by atoms with van der Waals surface area (Å²) in [6.07, 6.45) is 0. The highest BCUT2D eigenvalue weighted by molar-refractivity contribution is 6.32. The molecular formula is C30H20Cl2N2O. The number of amidine groups is 1. The summed E-state index contributed by atoms with van der Waals surface area (Å²) in [7, 11) is 0. The lowest BCUT2D eigenvalue weighted by Gasteiger charge is -2.26. The van der Waals surface area contributed by atoms with Crippen molar-refractivity contribution in [2.24, 2.45) is 4.99 Å². The fraction of sp³-hybridized carbons (Fsp3) is 0. The second-order valence-corrected chi connectivity index (χ2v) is 8.79. The SMILES string of the molecule is O=C(c1ccccc1)N(C(=Nc1ccc(Cl)cc1)c1cccc2ccccc12)c1ccc(Cl)cc1. The zero-order valence-corrected chi connectivity index (χ0v) is 20.1. The largest absolute Gasteiger partial charge is 0.268 e. The first-order chi connectivity index (χ1) is 17.1. The second kappa shape index (κ2) is 10.1. The van der Waals surface area contributed by atoms with Crippen molar-refractivity contribution in [3.05, 3.63) is 142 Å². The Balaban J connectivity index is 1.79. The van der Waals surface area contributed by atoms with Crippen LogP contribution in [0.5, 0.6) is 0 Å². The van der Waals surface area contributed by atoms with E-state index in [1.165, 1.54) is 0 Å². The van der Waals surface area contributed by atoms with Crippen LogP contribution in [0, 0.1) is 0 Å². The molecular weight excluding hydrogens is 475 g/mol. The predicted octanol–water partition coefficient (Wildman–Crippen LogP) is 8.57. The van der Waals surface area contributed by atoms with Gasteiger partial charge in [-0.2, -0.15) is 0 Å². The monoisotopic (exact) mass is 494 g/mol. The lowest BCUT2D eigenvalue weighted by Crippen LogP contribution is -2.37. The molecule has 0 heterocycles. The average molecular weight is 495 g/mol. The predicted molar refractivity (Wildman–Crippen MR) is 146 cm³/mol. The summed E-state index contributed by atoms with van der Waals surface area (Å²) in [5, 5.41) is 3.24. The van der Waals surface area contributed by atoms with Gasteiger partial charge in [0.1, 0.15) is 5.84 Å².